The second-order valence-corrected chi connectivity index (χ2v) is 6.93. The van der Waals surface area contributed by atoms with Gasteiger partial charge in [0.2, 0.25) is 5.95 Å². The number of rotatable bonds is 5. The van der Waals surface area contributed by atoms with Gasteiger partial charge in [0.1, 0.15) is 5.82 Å². The van der Waals surface area contributed by atoms with Gasteiger partial charge in [-0.05, 0) is 52.2 Å². The Hall–Kier alpha value is -3.80. The summed E-state index contributed by atoms with van der Waals surface area (Å²) in [7, 11) is 0. The van der Waals surface area contributed by atoms with Crippen LogP contribution in [0.5, 0.6) is 0 Å². The minimum absolute atomic E-state index is 0.271. The molecule has 0 aliphatic carbocycles. The molecule has 0 fully saturated rings. The van der Waals surface area contributed by atoms with Gasteiger partial charge in [0.05, 0.1) is 0 Å². The van der Waals surface area contributed by atoms with E-state index in [4.69, 9.17) is 5.73 Å². The number of nitrogen functional groups attached to an aromatic ring is 1. The van der Waals surface area contributed by atoms with E-state index in [1.807, 2.05) is 12.4 Å². The lowest BCUT2D eigenvalue weighted by molar-refractivity contribution is 1.04. The summed E-state index contributed by atoms with van der Waals surface area (Å²) in [4.78, 5) is 15.1. The smallest absolute Gasteiger partial charge is 0.221 e. The molecule has 138 valence electrons. The van der Waals surface area contributed by atoms with Gasteiger partial charge >= 0.3 is 0 Å². The van der Waals surface area contributed by atoms with Gasteiger partial charge < -0.3 is 21.0 Å². The highest BCUT2D eigenvalue weighted by Gasteiger charge is 2.09. The van der Waals surface area contributed by atoms with Crippen molar-refractivity contribution in [3.8, 4) is 0 Å². The SMILES string of the molecule is Nc1ncc(Cc2ccc3[nH]ccc3c2)c(NCc2ccc3cc[nH]c3c2)n1. The topological polar surface area (TPSA) is 95.4 Å². The van der Waals surface area contributed by atoms with Crippen molar-refractivity contribution in [3.05, 3.63) is 83.8 Å². The Morgan fingerprint density at radius 3 is 2.61 bits per heavy atom. The molecule has 0 amide bonds. The highest BCUT2D eigenvalue weighted by Crippen LogP contribution is 2.22. The molecule has 0 aliphatic rings. The Labute approximate surface area is 161 Å². The highest BCUT2D eigenvalue weighted by atomic mass is 15.1. The molecule has 6 heteroatoms. The third kappa shape index (κ3) is 3.16. The van der Waals surface area contributed by atoms with E-state index in [0.717, 1.165) is 28.8 Å². The van der Waals surface area contributed by atoms with Crippen molar-refractivity contribution in [1.29, 1.82) is 0 Å². The van der Waals surface area contributed by atoms with Crippen LogP contribution in [0.15, 0.2) is 67.1 Å². The zero-order valence-electron chi connectivity index (χ0n) is 15.2. The van der Waals surface area contributed by atoms with Crippen molar-refractivity contribution in [2.24, 2.45) is 0 Å². The number of nitrogens with two attached hydrogens (primary N) is 1. The molecule has 3 aromatic heterocycles. The predicted octanol–water partition coefficient (Wildman–Crippen LogP) is 4.22. The zero-order chi connectivity index (χ0) is 18.9. The number of nitrogens with zero attached hydrogens (tertiary/aromatic N) is 2. The van der Waals surface area contributed by atoms with Gasteiger partial charge in [0, 0.05) is 48.2 Å². The van der Waals surface area contributed by atoms with Crippen LogP contribution in [-0.4, -0.2) is 19.9 Å². The van der Waals surface area contributed by atoms with E-state index in [1.54, 1.807) is 6.20 Å². The van der Waals surface area contributed by atoms with Crippen LogP contribution in [0.1, 0.15) is 16.7 Å². The van der Waals surface area contributed by atoms with Gasteiger partial charge in [0.25, 0.3) is 0 Å². The molecule has 0 bridgehead atoms. The average Bonchev–Trinajstić information content (AvgIpc) is 3.36. The summed E-state index contributed by atoms with van der Waals surface area (Å²) in [5.74, 6) is 1.04. The molecule has 0 saturated carbocycles. The van der Waals surface area contributed by atoms with Crippen LogP contribution in [0.4, 0.5) is 11.8 Å². The molecule has 0 saturated heterocycles. The zero-order valence-corrected chi connectivity index (χ0v) is 15.2. The van der Waals surface area contributed by atoms with Crippen LogP contribution in [0.2, 0.25) is 0 Å². The van der Waals surface area contributed by atoms with E-state index in [2.05, 4.69) is 73.8 Å². The third-order valence-corrected chi connectivity index (χ3v) is 4.97. The molecular formula is C22H20N6. The van der Waals surface area contributed by atoms with Crippen LogP contribution in [0, 0.1) is 0 Å². The second-order valence-electron chi connectivity index (χ2n) is 6.93. The van der Waals surface area contributed by atoms with Crippen LogP contribution in [-0.2, 0) is 13.0 Å². The minimum Gasteiger partial charge on any atom is -0.368 e. The molecule has 0 radical (unpaired) electrons. The van der Waals surface area contributed by atoms with Gasteiger partial charge in [-0.25, -0.2) is 4.98 Å². The van der Waals surface area contributed by atoms with Gasteiger partial charge in [-0.3, -0.25) is 0 Å². The van der Waals surface area contributed by atoms with Gasteiger partial charge in [-0.1, -0.05) is 18.2 Å². The highest BCUT2D eigenvalue weighted by molar-refractivity contribution is 5.80. The maximum Gasteiger partial charge on any atom is 0.221 e. The number of H-pyrrole nitrogens is 2. The molecule has 6 nitrogen and oxygen atoms in total. The first-order chi connectivity index (χ1) is 13.7. The standard InChI is InChI=1S/C22H20N6/c23-22-27-13-18(10-14-2-4-19-17(9-14)6-8-24-19)21(28-22)26-12-15-1-3-16-5-7-25-20(16)11-15/h1-9,11,13,24-25H,10,12H2,(H3,23,26,27,28). The minimum atomic E-state index is 0.271. The summed E-state index contributed by atoms with van der Waals surface area (Å²) in [5, 5.41) is 5.83. The second kappa shape index (κ2) is 6.74. The fourth-order valence-corrected chi connectivity index (χ4v) is 3.53. The molecule has 0 spiro atoms. The molecule has 28 heavy (non-hydrogen) atoms. The summed E-state index contributed by atoms with van der Waals surface area (Å²) in [6, 6.07) is 16.9. The lowest BCUT2D eigenvalue weighted by Gasteiger charge is -2.12. The van der Waals surface area contributed by atoms with E-state index >= 15 is 0 Å². The first kappa shape index (κ1) is 16.4. The molecule has 5 rings (SSSR count). The molecule has 2 aromatic carbocycles. The number of anilines is 2. The van der Waals surface area contributed by atoms with Crippen LogP contribution < -0.4 is 11.1 Å². The van der Waals surface area contributed by atoms with E-state index in [-0.39, 0.29) is 5.95 Å². The van der Waals surface area contributed by atoms with Crippen molar-refractivity contribution in [1.82, 2.24) is 19.9 Å². The van der Waals surface area contributed by atoms with E-state index in [1.165, 1.54) is 21.9 Å². The maximum absolute atomic E-state index is 5.84. The Morgan fingerprint density at radius 2 is 1.68 bits per heavy atom. The number of aromatic nitrogens is 4. The monoisotopic (exact) mass is 368 g/mol. The fraction of sp³-hybridized carbons (Fsp3) is 0.0909. The maximum atomic E-state index is 5.84. The quantitative estimate of drug-likeness (QED) is 0.373. The summed E-state index contributed by atoms with van der Waals surface area (Å²) in [6.07, 6.45) is 6.45. The van der Waals surface area contributed by atoms with Gasteiger partial charge in [-0.2, -0.15) is 4.98 Å². The van der Waals surface area contributed by atoms with Crippen molar-refractivity contribution in [2.45, 2.75) is 13.0 Å². The lowest BCUT2D eigenvalue weighted by atomic mass is 10.0. The number of aromatic amines is 2. The summed E-state index contributed by atoms with van der Waals surface area (Å²) in [5.41, 5.74) is 11.5. The Morgan fingerprint density at radius 1 is 0.857 bits per heavy atom. The average molecular weight is 368 g/mol. The fourth-order valence-electron chi connectivity index (χ4n) is 3.53. The number of benzene rings is 2. The molecule has 5 aromatic rings. The first-order valence-electron chi connectivity index (χ1n) is 9.22. The van der Waals surface area contributed by atoms with Crippen molar-refractivity contribution >= 4 is 33.6 Å². The van der Waals surface area contributed by atoms with Crippen LogP contribution in [0.25, 0.3) is 21.8 Å². The molecule has 0 atom stereocenters. The van der Waals surface area contributed by atoms with Crippen LogP contribution in [0.3, 0.4) is 0 Å². The van der Waals surface area contributed by atoms with E-state index < -0.39 is 0 Å². The summed E-state index contributed by atoms with van der Waals surface area (Å²) in [6.45, 7) is 0.662. The molecular weight excluding hydrogens is 348 g/mol. The number of fused-ring (bicyclic) bond motifs is 2. The normalized spacial score (nSPS) is 11.3. The Balaban J connectivity index is 1.39. The lowest BCUT2D eigenvalue weighted by Crippen LogP contribution is -2.08. The first-order valence-corrected chi connectivity index (χ1v) is 9.22. The predicted molar refractivity (Wildman–Crippen MR) is 113 cm³/mol. The molecule has 5 N–H and O–H groups in total. The van der Waals surface area contributed by atoms with Crippen molar-refractivity contribution < 1.29 is 0 Å². The number of nitrogens with one attached hydrogen (secondary N) is 3. The number of hydrogen-bond donors (Lipinski definition) is 4. The molecule has 3 heterocycles. The largest absolute Gasteiger partial charge is 0.368 e. The van der Waals surface area contributed by atoms with Gasteiger partial charge in [0.15, 0.2) is 0 Å². The summed E-state index contributed by atoms with van der Waals surface area (Å²) >= 11 is 0. The Kier molecular flexibility index (Phi) is 3.94. The van der Waals surface area contributed by atoms with Crippen molar-refractivity contribution in [3.63, 3.8) is 0 Å². The number of hydrogen-bond acceptors (Lipinski definition) is 4. The van der Waals surface area contributed by atoms with Crippen LogP contribution >= 0.6 is 0 Å². The Bertz CT molecular complexity index is 1270. The van der Waals surface area contributed by atoms with E-state index in [0.29, 0.717) is 6.54 Å². The summed E-state index contributed by atoms with van der Waals surface area (Å²) < 4.78 is 0. The molecule has 0 unspecified atom stereocenters. The third-order valence-electron chi connectivity index (χ3n) is 4.97. The molecule has 0 aliphatic heterocycles. The van der Waals surface area contributed by atoms with Crippen molar-refractivity contribution in [2.75, 3.05) is 11.1 Å². The van der Waals surface area contributed by atoms with E-state index in [9.17, 15) is 0 Å². The van der Waals surface area contributed by atoms with Gasteiger partial charge in [-0.15, -0.1) is 0 Å².